The number of benzene rings is 1. The number of nitro groups is 1. The van der Waals surface area contributed by atoms with Gasteiger partial charge in [-0.2, -0.15) is 0 Å². The molecule has 1 aromatic carbocycles. The number of rotatable bonds is 4. The van der Waals surface area contributed by atoms with Crippen LogP contribution in [0.1, 0.15) is 30.1 Å². The smallest absolute Gasteiger partial charge is 0.271 e. The summed E-state index contributed by atoms with van der Waals surface area (Å²) < 4.78 is 2.04. The van der Waals surface area contributed by atoms with Crippen LogP contribution in [0.4, 0.5) is 11.4 Å². The second-order valence-electron chi connectivity index (χ2n) is 7.90. The van der Waals surface area contributed by atoms with E-state index in [0.717, 1.165) is 49.4 Å². The fourth-order valence-corrected chi connectivity index (χ4v) is 4.50. The average Bonchev–Trinajstić information content (AvgIpc) is 3.38. The number of pyridine rings is 1. The van der Waals surface area contributed by atoms with Gasteiger partial charge in [-0.25, -0.2) is 0 Å². The molecule has 0 radical (unpaired) electrons. The van der Waals surface area contributed by atoms with E-state index in [0.29, 0.717) is 24.7 Å². The molecule has 9 nitrogen and oxygen atoms in total. The van der Waals surface area contributed by atoms with Crippen molar-refractivity contribution in [3.8, 4) is 0 Å². The SMILES string of the molecule is O=C(CN1CCC(c2nnc3ccccn23)CC1)N1CCc2ccc([N+](=O)[O-])cc21. The van der Waals surface area contributed by atoms with Crippen LogP contribution >= 0.6 is 0 Å². The lowest BCUT2D eigenvalue weighted by Gasteiger charge is -2.31. The quantitative estimate of drug-likeness (QED) is 0.488. The van der Waals surface area contributed by atoms with E-state index in [1.165, 1.54) is 12.1 Å². The zero-order valence-electron chi connectivity index (χ0n) is 16.5. The highest BCUT2D eigenvalue weighted by molar-refractivity contribution is 5.97. The van der Waals surface area contributed by atoms with Gasteiger partial charge in [0, 0.05) is 30.8 Å². The molecule has 0 aliphatic carbocycles. The Labute approximate surface area is 173 Å². The number of hydrogen-bond donors (Lipinski definition) is 0. The third-order valence-electron chi connectivity index (χ3n) is 6.13. The number of nitro benzene ring substituents is 1. The second kappa shape index (κ2) is 7.49. The Morgan fingerprint density at radius 1 is 1.13 bits per heavy atom. The number of amides is 1. The van der Waals surface area contributed by atoms with Crippen LogP contribution in [-0.2, 0) is 11.2 Å². The molecular weight excluding hydrogens is 384 g/mol. The van der Waals surface area contributed by atoms with Crippen molar-refractivity contribution in [3.05, 3.63) is 64.1 Å². The van der Waals surface area contributed by atoms with E-state index in [9.17, 15) is 14.9 Å². The molecule has 0 saturated carbocycles. The van der Waals surface area contributed by atoms with Crippen LogP contribution in [0.25, 0.3) is 5.65 Å². The number of carbonyl (C=O) groups is 1. The molecule has 0 spiro atoms. The Morgan fingerprint density at radius 3 is 2.77 bits per heavy atom. The molecule has 1 amide bonds. The Balaban J connectivity index is 1.23. The lowest BCUT2D eigenvalue weighted by Crippen LogP contribution is -2.43. The van der Waals surface area contributed by atoms with E-state index < -0.39 is 4.92 Å². The number of likely N-dealkylation sites (tertiary alicyclic amines) is 1. The van der Waals surface area contributed by atoms with Crippen LogP contribution in [0.3, 0.4) is 0 Å². The number of aromatic nitrogens is 3. The molecule has 5 rings (SSSR count). The minimum atomic E-state index is -0.416. The molecular formula is C21H22N6O3. The first-order valence-corrected chi connectivity index (χ1v) is 10.2. The van der Waals surface area contributed by atoms with Crippen LogP contribution in [0.5, 0.6) is 0 Å². The summed E-state index contributed by atoms with van der Waals surface area (Å²) in [4.78, 5) is 27.5. The molecule has 0 N–H and O–H groups in total. The van der Waals surface area contributed by atoms with Gasteiger partial charge in [0.1, 0.15) is 5.82 Å². The number of piperidine rings is 1. The number of hydrogen-bond acceptors (Lipinski definition) is 6. The van der Waals surface area contributed by atoms with E-state index in [4.69, 9.17) is 0 Å². The van der Waals surface area contributed by atoms with Gasteiger partial charge in [-0.05, 0) is 50.0 Å². The third-order valence-corrected chi connectivity index (χ3v) is 6.13. The average molecular weight is 406 g/mol. The van der Waals surface area contributed by atoms with Gasteiger partial charge < -0.3 is 4.90 Å². The first-order chi connectivity index (χ1) is 14.6. The third kappa shape index (κ3) is 3.30. The summed E-state index contributed by atoms with van der Waals surface area (Å²) in [6.07, 6.45) is 4.57. The highest BCUT2D eigenvalue weighted by atomic mass is 16.6. The molecule has 1 saturated heterocycles. The van der Waals surface area contributed by atoms with Crippen molar-refractivity contribution in [1.29, 1.82) is 0 Å². The number of fused-ring (bicyclic) bond motifs is 2. The van der Waals surface area contributed by atoms with Gasteiger partial charge in [-0.15, -0.1) is 10.2 Å². The van der Waals surface area contributed by atoms with Crippen LogP contribution in [-0.4, -0.2) is 56.5 Å². The summed E-state index contributed by atoms with van der Waals surface area (Å²) in [5, 5.41) is 19.7. The summed E-state index contributed by atoms with van der Waals surface area (Å²) in [7, 11) is 0. The lowest BCUT2D eigenvalue weighted by molar-refractivity contribution is -0.384. The first kappa shape index (κ1) is 18.7. The molecule has 2 aromatic heterocycles. The largest absolute Gasteiger partial charge is 0.310 e. The van der Waals surface area contributed by atoms with Gasteiger partial charge in [-0.1, -0.05) is 12.1 Å². The zero-order valence-corrected chi connectivity index (χ0v) is 16.5. The number of carbonyl (C=O) groups excluding carboxylic acids is 1. The van der Waals surface area contributed by atoms with Gasteiger partial charge in [0.2, 0.25) is 5.91 Å². The van der Waals surface area contributed by atoms with Crippen LogP contribution in [0, 0.1) is 10.1 Å². The molecule has 2 aliphatic heterocycles. The predicted octanol–water partition coefficient (Wildman–Crippen LogP) is 2.41. The summed E-state index contributed by atoms with van der Waals surface area (Å²) in [5.41, 5.74) is 2.55. The van der Waals surface area contributed by atoms with Crippen molar-refractivity contribution in [1.82, 2.24) is 19.5 Å². The van der Waals surface area contributed by atoms with Crippen molar-refractivity contribution in [2.75, 3.05) is 31.1 Å². The van der Waals surface area contributed by atoms with Gasteiger partial charge in [0.05, 0.1) is 17.2 Å². The number of nitrogens with zero attached hydrogens (tertiary/aromatic N) is 6. The first-order valence-electron chi connectivity index (χ1n) is 10.2. The van der Waals surface area contributed by atoms with Crippen LogP contribution in [0.2, 0.25) is 0 Å². The van der Waals surface area contributed by atoms with Crippen molar-refractivity contribution in [3.63, 3.8) is 0 Å². The molecule has 30 heavy (non-hydrogen) atoms. The standard InChI is InChI=1S/C21H22N6O3/c28-20(25-12-8-15-4-5-17(27(29)30)13-18(15)25)14-24-10-6-16(7-11-24)21-23-22-19-3-1-2-9-26(19)21/h1-5,9,13,16H,6-8,10-12,14H2. The molecule has 0 unspecified atom stereocenters. The summed E-state index contributed by atoms with van der Waals surface area (Å²) in [5.74, 6) is 1.31. The fourth-order valence-electron chi connectivity index (χ4n) is 4.50. The molecule has 0 atom stereocenters. The Hall–Kier alpha value is -3.33. The highest BCUT2D eigenvalue weighted by Crippen LogP contribution is 2.32. The molecule has 1 fully saturated rings. The molecule has 3 aromatic rings. The van der Waals surface area contributed by atoms with Crippen LogP contribution < -0.4 is 4.90 Å². The molecule has 154 valence electrons. The zero-order chi connectivity index (χ0) is 20.7. The Bertz CT molecular complexity index is 1120. The van der Waals surface area contributed by atoms with Crippen molar-refractivity contribution in [2.24, 2.45) is 0 Å². The highest BCUT2D eigenvalue weighted by Gasteiger charge is 2.30. The monoisotopic (exact) mass is 406 g/mol. The minimum Gasteiger partial charge on any atom is -0.310 e. The van der Waals surface area contributed by atoms with Crippen molar-refractivity contribution >= 4 is 22.9 Å². The normalized spacial score (nSPS) is 17.4. The predicted molar refractivity (Wildman–Crippen MR) is 111 cm³/mol. The topological polar surface area (TPSA) is 96.9 Å². The van der Waals surface area contributed by atoms with Crippen molar-refractivity contribution < 1.29 is 9.72 Å². The number of anilines is 1. The maximum atomic E-state index is 12.9. The summed E-state index contributed by atoms with van der Waals surface area (Å²) in [6.45, 7) is 2.54. The van der Waals surface area contributed by atoms with E-state index in [-0.39, 0.29) is 11.6 Å². The molecule has 9 heteroatoms. The lowest BCUT2D eigenvalue weighted by atomic mass is 9.96. The maximum absolute atomic E-state index is 12.9. The Morgan fingerprint density at radius 2 is 1.97 bits per heavy atom. The molecule has 0 bridgehead atoms. The second-order valence-corrected chi connectivity index (χ2v) is 7.90. The van der Waals surface area contributed by atoms with E-state index >= 15 is 0 Å². The van der Waals surface area contributed by atoms with Crippen LogP contribution in [0.15, 0.2) is 42.6 Å². The van der Waals surface area contributed by atoms with Gasteiger partial charge in [0.25, 0.3) is 5.69 Å². The molecule has 4 heterocycles. The van der Waals surface area contributed by atoms with E-state index in [2.05, 4.69) is 15.1 Å². The molecule has 2 aliphatic rings. The Kier molecular flexibility index (Phi) is 4.66. The van der Waals surface area contributed by atoms with Gasteiger partial charge in [-0.3, -0.25) is 24.2 Å². The van der Waals surface area contributed by atoms with Crippen molar-refractivity contribution in [2.45, 2.75) is 25.2 Å². The van der Waals surface area contributed by atoms with Gasteiger partial charge >= 0.3 is 0 Å². The minimum absolute atomic E-state index is 0.000579. The van der Waals surface area contributed by atoms with E-state index in [1.807, 2.05) is 28.8 Å². The van der Waals surface area contributed by atoms with Gasteiger partial charge in [0.15, 0.2) is 5.65 Å². The fraction of sp³-hybridized carbons (Fsp3) is 0.381. The summed E-state index contributed by atoms with van der Waals surface area (Å²) >= 11 is 0. The summed E-state index contributed by atoms with van der Waals surface area (Å²) in [6, 6.07) is 10.7. The number of non-ortho nitro benzene ring substituents is 1. The maximum Gasteiger partial charge on any atom is 0.271 e. The van der Waals surface area contributed by atoms with E-state index in [1.54, 1.807) is 11.0 Å².